The zero-order chi connectivity index (χ0) is 22.4. The topological polar surface area (TPSA) is 75.7 Å². The fourth-order valence-corrected chi connectivity index (χ4v) is 5.57. The molecule has 0 atom stereocenters. The van der Waals surface area contributed by atoms with Crippen LogP contribution in [0, 0.1) is 13.8 Å². The molecule has 1 aliphatic heterocycles. The summed E-state index contributed by atoms with van der Waals surface area (Å²) in [7, 11) is -3.75. The molecule has 168 valence electrons. The van der Waals surface area contributed by atoms with Crippen LogP contribution in [0.4, 0.5) is 0 Å². The SMILES string of the molecule is Cc1ccc(C)c(OCCNC(=O)c2ccc(Cl)c(S(=O)(=O)N3CCCCCC3)c2)c1. The van der Waals surface area contributed by atoms with E-state index < -0.39 is 10.0 Å². The summed E-state index contributed by atoms with van der Waals surface area (Å²) in [4.78, 5) is 12.6. The van der Waals surface area contributed by atoms with Crippen LogP contribution in [-0.2, 0) is 10.0 Å². The average Bonchev–Trinajstić information content (AvgIpc) is 3.04. The molecule has 3 rings (SSSR count). The van der Waals surface area contributed by atoms with Crippen LogP contribution < -0.4 is 10.1 Å². The molecule has 1 aliphatic rings. The van der Waals surface area contributed by atoms with Crippen LogP contribution in [0.25, 0.3) is 0 Å². The van der Waals surface area contributed by atoms with E-state index >= 15 is 0 Å². The molecule has 6 nitrogen and oxygen atoms in total. The van der Waals surface area contributed by atoms with Gasteiger partial charge in [-0.3, -0.25) is 4.79 Å². The summed E-state index contributed by atoms with van der Waals surface area (Å²) >= 11 is 6.21. The van der Waals surface area contributed by atoms with Crippen LogP contribution in [0.5, 0.6) is 5.75 Å². The Balaban J connectivity index is 1.64. The van der Waals surface area contributed by atoms with Crippen LogP contribution >= 0.6 is 11.6 Å². The van der Waals surface area contributed by atoms with E-state index in [1.807, 2.05) is 32.0 Å². The van der Waals surface area contributed by atoms with Crippen LogP contribution in [0.1, 0.15) is 47.2 Å². The Hall–Kier alpha value is -2.09. The minimum absolute atomic E-state index is 0.0182. The van der Waals surface area contributed by atoms with Gasteiger partial charge >= 0.3 is 0 Å². The molecule has 0 spiro atoms. The molecular formula is C23H29ClN2O4S. The van der Waals surface area contributed by atoms with Crippen molar-refractivity contribution >= 4 is 27.5 Å². The predicted octanol–water partition coefficient (Wildman–Crippen LogP) is 4.33. The Morgan fingerprint density at radius 2 is 1.77 bits per heavy atom. The lowest BCUT2D eigenvalue weighted by atomic mass is 10.1. The Labute approximate surface area is 189 Å². The van der Waals surface area contributed by atoms with Crippen molar-refractivity contribution in [2.75, 3.05) is 26.2 Å². The van der Waals surface area contributed by atoms with Gasteiger partial charge in [0.25, 0.3) is 5.91 Å². The summed E-state index contributed by atoms with van der Waals surface area (Å²) in [6.07, 6.45) is 3.70. The summed E-state index contributed by atoms with van der Waals surface area (Å²) in [6, 6.07) is 10.3. The van der Waals surface area contributed by atoms with Crippen molar-refractivity contribution in [1.29, 1.82) is 0 Å². The highest BCUT2D eigenvalue weighted by Gasteiger charge is 2.28. The van der Waals surface area contributed by atoms with Gasteiger partial charge in [0.2, 0.25) is 10.0 Å². The Morgan fingerprint density at radius 3 is 2.48 bits per heavy atom. The van der Waals surface area contributed by atoms with Crippen molar-refractivity contribution in [2.24, 2.45) is 0 Å². The fourth-order valence-electron chi connectivity index (χ4n) is 3.55. The number of nitrogens with one attached hydrogen (secondary N) is 1. The number of carbonyl (C=O) groups is 1. The van der Waals surface area contributed by atoms with Crippen molar-refractivity contribution in [3.05, 3.63) is 58.1 Å². The molecule has 1 heterocycles. The van der Waals surface area contributed by atoms with Gasteiger partial charge in [0, 0.05) is 18.7 Å². The number of aryl methyl sites for hydroxylation is 2. The maximum Gasteiger partial charge on any atom is 0.251 e. The maximum atomic E-state index is 13.1. The molecule has 0 radical (unpaired) electrons. The predicted molar refractivity (Wildman–Crippen MR) is 122 cm³/mol. The van der Waals surface area contributed by atoms with E-state index in [1.165, 1.54) is 22.5 Å². The van der Waals surface area contributed by atoms with Gasteiger partial charge in [0.15, 0.2) is 0 Å². The fraction of sp³-hybridized carbons (Fsp3) is 0.435. The summed E-state index contributed by atoms with van der Waals surface area (Å²) in [5.41, 5.74) is 2.38. The number of amides is 1. The molecule has 0 aliphatic carbocycles. The first kappa shape index (κ1) is 23.6. The van der Waals surface area contributed by atoms with E-state index in [2.05, 4.69) is 5.32 Å². The second kappa shape index (κ2) is 10.5. The van der Waals surface area contributed by atoms with Crippen molar-refractivity contribution in [3.8, 4) is 5.75 Å². The number of ether oxygens (including phenoxy) is 1. The minimum atomic E-state index is -3.75. The smallest absolute Gasteiger partial charge is 0.251 e. The molecule has 2 aromatic carbocycles. The number of halogens is 1. The summed E-state index contributed by atoms with van der Waals surface area (Å²) in [5.74, 6) is 0.417. The number of carbonyl (C=O) groups excluding carboxylic acids is 1. The van der Waals surface area contributed by atoms with Gasteiger partial charge < -0.3 is 10.1 Å². The van der Waals surface area contributed by atoms with Crippen molar-refractivity contribution in [2.45, 2.75) is 44.4 Å². The Bertz CT molecular complexity index is 1030. The van der Waals surface area contributed by atoms with Gasteiger partial charge in [-0.2, -0.15) is 4.31 Å². The van der Waals surface area contributed by atoms with Crippen molar-refractivity contribution < 1.29 is 17.9 Å². The number of sulfonamides is 1. The van der Waals surface area contributed by atoms with Gasteiger partial charge in [0.05, 0.1) is 11.6 Å². The minimum Gasteiger partial charge on any atom is -0.491 e. The van der Waals surface area contributed by atoms with Gasteiger partial charge in [-0.05, 0) is 62.1 Å². The Kier molecular flexibility index (Phi) is 7.97. The normalized spacial score (nSPS) is 15.3. The zero-order valence-corrected chi connectivity index (χ0v) is 19.6. The van der Waals surface area contributed by atoms with E-state index in [0.29, 0.717) is 26.2 Å². The summed E-state index contributed by atoms with van der Waals surface area (Å²) < 4.78 is 33.4. The molecule has 1 amide bonds. The number of hydrogen-bond donors (Lipinski definition) is 1. The number of benzene rings is 2. The van der Waals surface area contributed by atoms with Gasteiger partial charge in [-0.1, -0.05) is 36.6 Å². The standard InChI is InChI=1S/C23H29ClN2O4S/c1-17-7-8-18(2)21(15-17)30-14-11-25-23(27)19-9-10-20(24)22(16-19)31(28,29)26-12-5-3-4-6-13-26/h7-10,15-16H,3-6,11-14H2,1-2H3,(H,25,27). The van der Waals surface area contributed by atoms with Gasteiger partial charge in [-0.15, -0.1) is 0 Å². The molecule has 0 saturated carbocycles. The third-order valence-electron chi connectivity index (χ3n) is 5.37. The second-order valence-corrected chi connectivity index (χ2v) is 10.2. The lowest BCUT2D eigenvalue weighted by Crippen LogP contribution is -2.32. The van der Waals surface area contributed by atoms with Crippen molar-refractivity contribution in [3.63, 3.8) is 0 Å². The highest BCUT2D eigenvalue weighted by Crippen LogP contribution is 2.27. The van der Waals surface area contributed by atoms with Gasteiger partial charge in [0.1, 0.15) is 17.3 Å². The zero-order valence-electron chi connectivity index (χ0n) is 18.0. The third kappa shape index (κ3) is 5.99. The number of nitrogens with zero attached hydrogens (tertiary/aromatic N) is 1. The number of hydrogen-bond acceptors (Lipinski definition) is 4. The quantitative estimate of drug-likeness (QED) is 0.619. The molecule has 31 heavy (non-hydrogen) atoms. The first-order chi connectivity index (χ1) is 14.8. The lowest BCUT2D eigenvalue weighted by Gasteiger charge is -2.21. The van der Waals surface area contributed by atoms with Crippen LogP contribution in [0.3, 0.4) is 0 Å². The molecule has 0 unspecified atom stereocenters. The third-order valence-corrected chi connectivity index (χ3v) is 7.75. The monoisotopic (exact) mass is 464 g/mol. The summed E-state index contributed by atoms with van der Waals surface area (Å²) in [6.45, 7) is 5.51. The molecule has 2 aromatic rings. The molecule has 1 fully saturated rings. The summed E-state index contributed by atoms with van der Waals surface area (Å²) in [5, 5.41) is 2.90. The van der Waals surface area contributed by atoms with E-state index in [-0.39, 0.29) is 21.4 Å². The van der Waals surface area contributed by atoms with E-state index in [4.69, 9.17) is 16.3 Å². The molecule has 0 bridgehead atoms. The molecular weight excluding hydrogens is 436 g/mol. The van der Waals surface area contributed by atoms with Crippen LogP contribution in [-0.4, -0.2) is 44.9 Å². The van der Waals surface area contributed by atoms with Crippen LogP contribution in [0.2, 0.25) is 5.02 Å². The average molecular weight is 465 g/mol. The van der Waals surface area contributed by atoms with Crippen molar-refractivity contribution in [1.82, 2.24) is 9.62 Å². The molecule has 8 heteroatoms. The lowest BCUT2D eigenvalue weighted by molar-refractivity contribution is 0.0946. The van der Waals surface area contributed by atoms with Crippen LogP contribution in [0.15, 0.2) is 41.3 Å². The Morgan fingerprint density at radius 1 is 1.06 bits per heavy atom. The largest absolute Gasteiger partial charge is 0.491 e. The highest BCUT2D eigenvalue weighted by molar-refractivity contribution is 7.89. The second-order valence-electron chi connectivity index (χ2n) is 7.84. The molecule has 1 saturated heterocycles. The first-order valence-electron chi connectivity index (χ1n) is 10.6. The van der Waals surface area contributed by atoms with Gasteiger partial charge in [-0.25, -0.2) is 8.42 Å². The van der Waals surface area contributed by atoms with E-state index in [9.17, 15) is 13.2 Å². The number of rotatable bonds is 7. The molecule has 0 aromatic heterocycles. The first-order valence-corrected chi connectivity index (χ1v) is 12.4. The van der Waals surface area contributed by atoms with E-state index in [1.54, 1.807) is 0 Å². The maximum absolute atomic E-state index is 13.1. The highest BCUT2D eigenvalue weighted by atomic mass is 35.5. The van der Waals surface area contributed by atoms with E-state index in [0.717, 1.165) is 42.6 Å². The molecule has 1 N–H and O–H groups in total.